The van der Waals surface area contributed by atoms with Crippen molar-refractivity contribution in [3.05, 3.63) is 83.4 Å². The number of nitrogens with one attached hydrogen (secondary N) is 2. The summed E-state index contributed by atoms with van der Waals surface area (Å²) >= 11 is 0. The first kappa shape index (κ1) is 37.9. The van der Waals surface area contributed by atoms with E-state index in [-0.39, 0.29) is 18.6 Å². The predicted molar refractivity (Wildman–Crippen MR) is 185 cm³/mol. The van der Waals surface area contributed by atoms with Gasteiger partial charge in [0.2, 0.25) is 23.5 Å². The Labute approximate surface area is 301 Å². The minimum Gasteiger partial charge on any atom is -0.470 e. The highest BCUT2D eigenvalue weighted by Gasteiger charge is 2.25. The number of halogens is 2. The van der Waals surface area contributed by atoms with Gasteiger partial charge in [0.1, 0.15) is 41.8 Å². The summed E-state index contributed by atoms with van der Waals surface area (Å²) in [5.74, 6) is -1.62. The number of fused-ring (bicyclic) bond motifs is 3. The number of esters is 1. The molecule has 2 aromatic carbocycles. The van der Waals surface area contributed by atoms with Gasteiger partial charge in [-0.3, -0.25) is 14.3 Å². The lowest BCUT2D eigenvalue weighted by atomic mass is 10.1. The summed E-state index contributed by atoms with van der Waals surface area (Å²) in [4.78, 5) is 35.9. The van der Waals surface area contributed by atoms with Gasteiger partial charge in [0, 0.05) is 30.0 Å². The van der Waals surface area contributed by atoms with Crippen LogP contribution < -0.4 is 15.4 Å². The minimum atomic E-state index is -0.922. The number of methoxy groups -OCH3 is 1. The van der Waals surface area contributed by atoms with Gasteiger partial charge in [0.05, 0.1) is 19.7 Å². The Balaban J connectivity index is 0.000000205. The smallest absolute Gasteiger partial charge is 0.328 e. The average Bonchev–Trinajstić information content (AvgIpc) is 3.87. The van der Waals surface area contributed by atoms with Crippen molar-refractivity contribution in [2.45, 2.75) is 65.1 Å². The van der Waals surface area contributed by atoms with Crippen LogP contribution in [0.5, 0.6) is 5.88 Å². The molecule has 0 bridgehead atoms. The second-order valence-corrected chi connectivity index (χ2v) is 12.1. The number of unbranched alkanes of at least 4 members (excludes halogenated alkanes) is 1. The summed E-state index contributed by atoms with van der Waals surface area (Å²) in [5.41, 5.74) is 2.04. The van der Waals surface area contributed by atoms with E-state index in [0.29, 0.717) is 47.0 Å². The second-order valence-electron chi connectivity index (χ2n) is 12.1. The van der Waals surface area contributed by atoms with Crippen LogP contribution in [0.3, 0.4) is 0 Å². The van der Waals surface area contributed by atoms with E-state index in [1.165, 1.54) is 14.0 Å². The van der Waals surface area contributed by atoms with E-state index < -0.39 is 41.5 Å². The van der Waals surface area contributed by atoms with E-state index in [4.69, 9.17) is 9.26 Å². The lowest BCUT2D eigenvalue weighted by Gasteiger charge is -2.19. The molecule has 6 aromatic rings. The van der Waals surface area contributed by atoms with E-state index in [2.05, 4.69) is 46.1 Å². The van der Waals surface area contributed by atoms with Crippen LogP contribution in [0.25, 0.3) is 27.9 Å². The molecule has 53 heavy (non-hydrogen) atoms. The van der Waals surface area contributed by atoms with Crippen molar-refractivity contribution in [1.82, 2.24) is 50.6 Å². The highest BCUT2D eigenvalue weighted by Crippen LogP contribution is 2.29. The summed E-state index contributed by atoms with van der Waals surface area (Å²) in [6, 6.07) is 10.6. The number of amides is 2. The van der Waals surface area contributed by atoms with E-state index in [1.807, 2.05) is 38.1 Å². The number of nitrogens with zero attached hydrogens (tertiary/aromatic N) is 8. The fraction of sp³-hybridized carbons (Fsp3) is 0.343. The lowest BCUT2D eigenvalue weighted by Crippen LogP contribution is -2.50. The monoisotopic (exact) mass is 732 g/mol. The van der Waals surface area contributed by atoms with E-state index in [1.54, 1.807) is 28.5 Å². The van der Waals surface area contributed by atoms with Gasteiger partial charge in [-0.05, 0) is 44.0 Å². The summed E-state index contributed by atoms with van der Waals surface area (Å²) in [6.07, 6.45) is 3.52. The van der Waals surface area contributed by atoms with Crippen LogP contribution in [0.2, 0.25) is 0 Å². The van der Waals surface area contributed by atoms with Crippen molar-refractivity contribution < 1.29 is 37.2 Å². The number of carbonyl (C=O) groups excluding carboxylic acids is 3. The molecule has 0 aliphatic carbocycles. The summed E-state index contributed by atoms with van der Waals surface area (Å²) in [7, 11) is 3.04. The zero-order chi connectivity index (χ0) is 38.1. The Hall–Kier alpha value is -6.33. The Morgan fingerprint density at radius 3 is 2.38 bits per heavy atom. The third-order valence-corrected chi connectivity index (χ3v) is 7.80. The molecule has 0 saturated heterocycles. The fourth-order valence-corrected chi connectivity index (χ4v) is 5.25. The first-order valence-electron chi connectivity index (χ1n) is 16.6. The molecule has 0 unspecified atom stereocenters. The van der Waals surface area contributed by atoms with Gasteiger partial charge in [0.15, 0.2) is 11.3 Å². The maximum Gasteiger partial charge on any atom is 0.328 e. The topological polar surface area (TPSA) is 194 Å². The van der Waals surface area contributed by atoms with Crippen LogP contribution in [0, 0.1) is 18.6 Å². The van der Waals surface area contributed by atoms with Crippen molar-refractivity contribution in [3.63, 3.8) is 0 Å². The quantitative estimate of drug-likeness (QED) is 0.163. The van der Waals surface area contributed by atoms with Crippen molar-refractivity contribution in [1.29, 1.82) is 0 Å². The molecule has 0 spiro atoms. The number of ether oxygens (including phenoxy) is 2. The number of hydrogen-bond donors (Lipinski definition) is 2. The Morgan fingerprint density at radius 2 is 1.74 bits per heavy atom. The number of benzene rings is 2. The molecule has 2 atom stereocenters. The molecule has 4 heterocycles. The largest absolute Gasteiger partial charge is 0.470 e. The zero-order valence-corrected chi connectivity index (χ0v) is 29.7. The van der Waals surface area contributed by atoms with Gasteiger partial charge in [-0.15, -0.1) is 20.4 Å². The molecular weight excluding hydrogens is 694 g/mol. The Kier molecular flexibility index (Phi) is 12.3. The molecule has 6 rings (SSSR count). The molecule has 18 heteroatoms. The van der Waals surface area contributed by atoms with Crippen LogP contribution in [0.4, 0.5) is 8.78 Å². The van der Waals surface area contributed by atoms with Crippen molar-refractivity contribution in [2.75, 3.05) is 7.11 Å². The minimum absolute atomic E-state index is 0.156. The molecule has 2 amide bonds. The number of hydrogen-bond acceptors (Lipinski definition) is 12. The Morgan fingerprint density at radius 1 is 1.00 bits per heavy atom. The fourth-order valence-electron chi connectivity index (χ4n) is 5.25. The molecule has 0 saturated carbocycles. The van der Waals surface area contributed by atoms with Gasteiger partial charge >= 0.3 is 5.97 Å². The average molecular weight is 733 g/mol. The second kappa shape index (κ2) is 17.3. The highest BCUT2D eigenvalue weighted by molar-refractivity contribution is 5.97. The van der Waals surface area contributed by atoms with Crippen LogP contribution in [0.1, 0.15) is 50.1 Å². The SMILES string of the molecule is CCCC[C@H](NC(=O)[C@H](C)NC(=O)Cc1cc(F)cc(F)c1)C(=O)OC.Cc1cc(-c2nnc3c4ccccc4c(OCc4cn(C)nn4)nn23)no1. The van der Waals surface area contributed by atoms with Crippen LogP contribution >= 0.6 is 0 Å². The van der Waals surface area contributed by atoms with Crippen molar-refractivity contribution in [3.8, 4) is 17.4 Å². The van der Waals surface area contributed by atoms with E-state index in [9.17, 15) is 23.2 Å². The first-order valence-corrected chi connectivity index (χ1v) is 16.6. The van der Waals surface area contributed by atoms with Gasteiger partial charge in [0.25, 0.3) is 0 Å². The molecule has 16 nitrogen and oxygen atoms in total. The van der Waals surface area contributed by atoms with Crippen LogP contribution in [0.15, 0.2) is 59.3 Å². The van der Waals surface area contributed by atoms with Gasteiger partial charge in [-0.2, -0.15) is 4.52 Å². The molecule has 0 aliphatic rings. The van der Waals surface area contributed by atoms with E-state index in [0.717, 1.165) is 35.7 Å². The van der Waals surface area contributed by atoms with Crippen LogP contribution in [-0.2, 0) is 39.2 Å². The molecular formula is C35H38F2N10O6. The number of aryl methyl sites for hydroxylation is 2. The molecule has 278 valence electrons. The third-order valence-electron chi connectivity index (χ3n) is 7.80. The van der Waals surface area contributed by atoms with Crippen molar-refractivity contribution in [2.24, 2.45) is 7.05 Å². The van der Waals surface area contributed by atoms with Crippen LogP contribution in [-0.4, -0.2) is 76.9 Å². The molecule has 0 aliphatic heterocycles. The standard InChI is InChI=1S/C18H24F2N2O4.C17H14N8O2/c1-4-5-6-15(18(25)26-3)22-17(24)11(2)21-16(23)9-12-7-13(19)10-14(20)8-12;1-10-7-14(22-27-10)16-20-19-15-12-5-3-4-6-13(12)17(21-25(15)16)26-9-11-8-24(2)23-18-11/h7-8,10-11,15H,4-6,9H2,1-3H3,(H,21,23)(H,22,24);3-8H,9H2,1-2H3/t11-,15-;/m0./s1. The third kappa shape index (κ3) is 9.72. The summed E-state index contributed by atoms with van der Waals surface area (Å²) in [6.45, 7) is 5.47. The van der Waals surface area contributed by atoms with Crippen molar-refractivity contribution >= 4 is 34.2 Å². The maximum atomic E-state index is 13.1. The number of aromatic nitrogens is 8. The summed E-state index contributed by atoms with van der Waals surface area (Å²) in [5, 5.41) is 31.8. The Bertz CT molecular complexity index is 2200. The summed E-state index contributed by atoms with van der Waals surface area (Å²) < 4.78 is 45.3. The highest BCUT2D eigenvalue weighted by atomic mass is 19.1. The number of carbonyl (C=O) groups is 3. The molecule has 0 fully saturated rings. The normalized spacial score (nSPS) is 12.1. The predicted octanol–water partition coefficient (Wildman–Crippen LogP) is 3.81. The number of rotatable bonds is 13. The first-order chi connectivity index (χ1) is 25.4. The molecule has 2 N–H and O–H groups in total. The molecule has 4 aromatic heterocycles. The lowest BCUT2D eigenvalue weighted by molar-refractivity contribution is -0.145. The molecule has 0 radical (unpaired) electrons. The van der Waals surface area contributed by atoms with Gasteiger partial charge in [-0.25, -0.2) is 13.6 Å². The van der Waals surface area contributed by atoms with E-state index >= 15 is 0 Å². The van der Waals surface area contributed by atoms with Gasteiger partial charge < -0.3 is 24.6 Å². The zero-order valence-electron chi connectivity index (χ0n) is 29.7. The maximum absolute atomic E-state index is 13.1. The van der Waals surface area contributed by atoms with Gasteiger partial charge in [-0.1, -0.05) is 48.3 Å².